The molecule has 0 radical (unpaired) electrons. The summed E-state index contributed by atoms with van der Waals surface area (Å²) < 4.78 is 7.14. The molecule has 0 unspecified atom stereocenters. The van der Waals surface area contributed by atoms with E-state index in [0.717, 1.165) is 0 Å². The number of nitrogens with two attached hydrogens (primary N) is 1. The van der Waals surface area contributed by atoms with Crippen LogP contribution < -0.4 is 10.5 Å². The first-order valence-electron chi connectivity index (χ1n) is 4.68. The zero-order valence-corrected chi connectivity index (χ0v) is 9.48. The number of nitrogens with zero attached hydrogens (tertiary/aromatic N) is 3. The molecule has 2 rings (SSSR count). The molecule has 0 spiro atoms. The van der Waals surface area contributed by atoms with E-state index < -0.39 is 0 Å². The van der Waals surface area contributed by atoms with Crippen molar-refractivity contribution in [2.45, 2.75) is 6.61 Å². The number of aromatic nitrogens is 3. The molecule has 16 heavy (non-hydrogen) atoms. The van der Waals surface area contributed by atoms with Crippen molar-refractivity contribution >= 4 is 17.3 Å². The average Bonchev–Trinajstić information content (AvgIpc) is 2.64. The molecule has 1 aromatic heterocycles. The van der Waals surface area contributed by atoms with Gasteiger partial charge in [-0.05, 0) is 12.1 Å². The highest BCUT2D eigenvalue weighted by molar-refractivity contribution is 6.32. The number of hydrogen-bond acceptors (Lipinski definition) is 4. The second kappa shape index (κ2) is 4.40. The van der Waals surface area contributed by atoms with Crippen molar-refractivity contribution in [3.8, 4) is 5.75 Å². The Kier molecular flexibility index (Phi) is 2.96. The van der Waals surface area contributed by atoms with Crippen LogP contribution in [0, 0.1) is 0 Å². The molecule has 5 nitrogen and oxygen atoms in total. The predicted octanol–water partition coefficient (Wildman–Crippen LogP) is 1.63. The Morgan fingerprint density at radius 3 is 2.94 bits per heavy atom. The highest BCUT2D eigenvalue weighted by Crippen LogP contribution is 2.30. The summed E-state index contributed by atoms with van der Waals surface area (Å²) in [5, 5.41) is 4.42. The topological polar surface area (TPSA) is 66.0 Å². The molecule has 1 aromatic carbocycles. The molecule has 0 bridgehead atoms. The average molecular weight is 239 g/mol. The van der Waals surface area contributed by atoms with Crippen LogP contribution >= 0.6 is 11.6 Å². The van der Waals surface area contributed by atoms with Gasteiger partial charge in [0, 0.05) is 7.05 Å². The predicted molar refractivity (Wildman–Crippen MR) is 61.2 cm³/mol. The highest BCUT2D eigenvalue weighted by Gasteiger charge is 2.07. The quantitative estimate of drug-likeness (QED) is 0.826. The minimum absolute atomic E-state index is 0.282. The molecular weight excluding hydrogens is 228 g/mol. The van der Waals surface area contributed by atoms with E-state index in [9.17, 15) is 0 Å². The van der Waals surface area contributed by atoms with Crippen LogP contribution in [0.4, 0.5) is 5.69 Å². The van der Waals surface area contributed by atoms with E-state index >= 15 is 0 Å². The van der Waals surface area contributed by atoms with Crippen molar-refractivity contribution in [3.05, 3.63) is 35.4 Å². The zero-order valence-electron chi connectivity index (χ0n) is 8.72. The van der Waals surface area contributed by atoms with Crippen molar-refractivity contribution in [2.75, 3.05) is 5.73 Å². The Labute approximate surface area is 97.8 Å². The number of aryl methyl sites for hydroxylation is 1. The number of hydrogen-bond donors (Lipinski definition) is 1. The monoisotopic (exact) mass is 238 g/mol. The maximum Gasteiger partial charge on any atom is 0.164 e. The summed E-state index contributed by atoms with van der Waals surface area (Å²) in [7, 11) is 1.79. The SMILES string of the molecule is Cn1ncnc1COc1c(N)cccc1Cl. The first-order valence-corrected chi connectivity index (χ1v) is 5.06. The van der Waals surface area contributed by atoms with Crippen molar-refractivity contribution in [1.29, 1.82) is 0 Å². The first kappa shape index (κ1) is 10.8. The van der Waals surface area contributed by atoms with E-state index in [1.807, 2.05) is 0 Å². The Balaban J connectivity index is 2.14. The molecule has 0 amide bonds. The van der Waals surface area contributed by atoms with Gasteiger partial charge in [-0.15, -0.1) is 0 Å². The lowest BCUT2D eigenvalue weighted by molar-refractivity contribution is 0.291. The molecule has 0 atom stereocenters. The van der Waals surface area contributed by atoms with E-state index in [1.54, 1.807) is 29.9 Å². The molecule has 0 aliphatic heterocycles. The van der Waals surface area contributed by atoms with Crippen LogP contribution in [0.2, 0.25) is 5.02 Å². The smallest absolute Gasteiger partial charge is 0.164 e. The molecule has 0 aliphatic carbocycles. The fourth-order valence-electron chi connectivity index (χ4n) is 1.27. The standard InChI is InChI=1S/C10H11ClN4O/c1-15-9(13-6-14-15)5-16-10-7(11)3-2-4-8(10)12/h2-4,6H,5,12H2,1H3. The number of rotatable bonds is 3. The number of para-hydroxylation sites is 1. The summed E-state index contributed by atoms with van der Waals surface area (Å²) >= 11 is 5.96. The molecule has 0 fully saturated rings. The summed E-state index contributed by atoms with van der Waals surface area (Å²) in [6.07, 6.45) is 1.47. The molecule has 0 aliphatic rings. The van der Waals surface area contributed by atoms with Gasteiger partial charge in [0.15, 0.2) is 11.6 Å². The van der Waals surface area contributed by atoms with E-state index in [0.29, 0.717) is 22.3 Å². The van der Waals surface area contributed by atoms with E-state index in [-0.39, 0.29) is 6.61 Å². The molecule has 2 aromatic rings. The van der Waals surface area contributed by atoms with Crippen LogP contribution in [-0.4, -0.2) is 14.8 Å². The molecule has 2 N–H and O–H groups in total. The molecule has 84 valence electrons. The maximum atomic E-state index is 5.96. The summed E-state index contributed by atoms with van der Waals surface area (Å²) in [5.41, 5.74) is 6.26. The zero-order chi connectivity index (χ0) is 11.5. The van der Waals surface area contributed by atoms with Gasteiger partial charge in [-0.3, -0.25) is 4.68 Å². The molecular formula is C10H11ClN4O. The van der Waals surface area contributed by atoms with E-state index in [2.05, 4.69) is 10.1 Å². The van der Waals surface area contributed by atoms with Crippen molar-refractivity contribution in [2.24, 2.45) is 7.05 Å². The summed E-state index contributed by atoms with van der Waals surface area (Å²) in [6.45, 7) is 0.282. The largest absolute Gasteiger partial charge is 0.482 e. The first-order chi connectivity index (χ1) is 7.68. The third kappa shape index (κ3) is 2.09. The van der Waals surface area contributed by atoms with Crippen molar-refractivity contribution in [1.82, 2.24) is 14.8 Å². The summed E-state index contributed by atoms with van der Waals surface area (Å²) in [5.74, 6) is 1.19. The van der Waals surface area contributed by atoms with Crippen LogP contribution in [0.25, 0.3) is 0 Å². The Morgan fingerprint density at radius 2 is 2.31 bits per heavy atom. The van der Waals surface area contributed by atoms with Gasteiger partial charge in [0.25, 0.3) is 0 Å². The van der Waals surface area contributed by atoms with Gasteiger partial charge < -0.3 is 10.5 Å². The second-order valence-corrected chi connectivity index (χ2v) is 3.65. The van der Waals surface area contributed by atoms with Gasteiger partial charge in [0.2, 0.25) is 0 Å². The van der Waals surface area contributed by atoms with Crippen molar-refractivity contribution < 1.29 is 4.74 Å². The van der Waals surface area contributed by atoms with Gasteiger partial charge in [0.05, 0.1) is 10.7 Å². The van der Waals surface area contributed by atoms with Gasteiger partial charge in [-0.25, -0.2) is 4.98 Å². The molecule has 0 saturated heterocycles. The Hall–Kier alpha value is -1.75. The number of anilines is 1. The number of nitrogen functional groups attached to an aromatic ring is 1. The Bertz CT molecular complexity index is 477. The maximum absolute atomic E-state index is 5.96. The summed E-state index contributed by atoms with van der Waals surface area (Å²) in [6, 6.07) is 5.23. The fourth-order valence-corrected chi connectivity index (χ4v) is 1.50. The molecule has 6 heteroatoms. The normalized spacial score (nSPS) is 10.4. The van der Waals surface area contributed by atoms with Gasteiger partial charge in [-0.2, -0.15) is 5.10 Å². The lowest BCUT2D eigenvalue weighted by Crippen LogP contribution is -2.05. The molecule has 0 saturated carbocycles. The Morgan fingerprint density at radius 1 is 1.50 bits per heavy atom. The minimum Gasteiger partial charge on any atom is -0.482 e. The minimum atomic E-state index is 0.282. The highest BCUT2D eigenvalue weighted by atomic mass is 35.5. The van der Waals surface area contributed by atoms with Crippen LogP contribution in [0.1, 0.15) is 5.82 Å². The number of benzene rings is 1. The third-order valence-corrected chi connectivity index (χ3v) is 2.45. The van der Waals surface area contributed by atoms with Gasteiger partial charge >= 0.3 is 0 Å². The van der Waals surface area contributed by atoms with Crippen LogP contribution in [-0.2, 0) is 13.7 Å². The third-order valence-electron chi connectivity index (χ3n) is 2.15. The van der Waals surface area contributed by atoms with E-state index in [4.69, 9.17) is 22.1 Å². The van der Waals surface area contributed by atoms with E-state index in [1.165, 1.54) is 6.33 Å². The molecule has 1 heterocycles. The number of ether oxygens (including phenoxy) is 1. The van der Waals surface area contributed by atoms with Gasteiger partial charge in [0.1, 0.15) is 12.9 Å². The lowest BCUT2D eigenvalue weighted by atomic mass is 10.3. The number of halogens is 1. The lowest BCUT2D eigenvalue weighted by Gasteiger charge is -2.09. The summed E-state index contributed by atoms with van der Waals surface area (Å²) in [4.78, 5) is 4.03. The van der Waals surface area contributed by atoms with Crippen LogP contribution in [0.3, 0.4) is 0 Å². The van der Waals surface area contributed by atoms with Gasteiger partial charge in [-0.1, -0.05) is 17.7 Å². The fraction of sp³-hybridized carbons (Fsp3) is 0.200. The van der Waals surface area contributed by atoms with Crippen molar-refractivity contribution in [3.63, 3.8) is 0 Å². The second-order valence-electron chi connectivity index (χ2n) is 3.25. The van der Waals surface area contributed by atoms with Crippen LogP contribution in [0.15, 0.2) is 24.5 Å². The van der Waals surface area contributed by atoms with Crippen LogP contribution in [0.5, 0.6) is 5.75 Å².